The molecule has 0 amide bonds. The first-order chi connectivity index (χ1) is 9.15. The SMILES string of the molecule is CC(N)Cc1cc(Cl)ccc1OCc1ncccn1. The van der Waals surface area contributed by atoms with Gasteiger partial charge in [-0.1, -0.05) is 11.6 Å². The van der Waals surface area contributed by atoms with Crippen LogP contribution in [0.4, 0.5) is 0 Å². The Morgan fingerprint density at radius 3 is 2.74 bits per heavy atom. The molecule has 2 N–H and O–H groups in total. The Bertz CT molecular complexity index is 531. The number of halogens is 1. The van der Waals surface area contributed by atoms with Crippen molar-refractivity contribution in [3.8, 4) is 5.75 Å². The van der Waals surface area contributed by atoms with Crippen LogP contribution in [0.25, 0.3) is 0 Å². The second-order valence-corrected chi connectivity index (χ2v) is 4.82. The quantitative estimate of drug-likeness (QED) is 0.912. The van der Waals surface area contributed by atoms with E-state index >= 15 is 0 Å². The minimum Gasteiger partial charge on any atom is -0.485 e. The Morgan fingerprint density at radius 2 is 2.05 bits per heavy atom. The molecule has 1 aromatic carbocycles. The second kappa shape index (κ2) is 6.50. The van der Waals surface area contributed by atoms with E-state index in [0.29, 0.717) is 23.9 Å². The van der Waals surface area contributed by atoms with Crippen LogP contribution in [-0.4, -0.2) is 16.0 Å². The van der Waals surface area contributed by atoms with Crippen LogP contribution >= 0.6 is 11.6 Å². The van der Waals surface area contributed by atoms with Crippen LogP contribution in [0.2, 0.25) is 5.02 Å². The Kier molecular flexibility index (Phi) is 4.71. The minimum atomic E-state index is 0.0498. The van der Waals surface area contributed by atoms with Gasteiger partial charge in [-0.15, -0.1) is 0 Å². The van der Waals surface area contributed by atoms with Gasteiger partial charge in [-0.3, -0.25) is 0 Å². The fourth-order valence-electron chi connectivity index (χ4n) is 1.74. The molecule has 0 aliphatic carbocycles. The zero-order valence-corrected chi connectivity index (χ0v) is 11.5. The molecule has 0 fully saturated rings. The zero-order valence-electron chi connectivity index (χ0n) is 10.7. The predicted octanol–water partition coefficient (Wildman–Crippen LogP) is 2.60. The summed E-state index contributed by atoms with van der Waals surface area (Å²) in [4.78, 5) is 8.23. The smallest absolute Gasteiger partial charge is 0.166 e. The number of aromatic nitrogens is 2. The Labute approximate surface area is 117 Å². The average Bonchev–Trinajstić information content (AvgIpc) is 2.38. The first-order valence-corrected chi connectivity index (χ1v) is 6.45. The molecule has 19 heavy (non-hydrogen) atoms. The van der Waals surface area contributed by atoms with Crippen LogP contribution in [-0.2, 0) is 13.0 Å². The summed E-state index contributed by atoms with van der Waals surface area (Å²) < 4.78 is 5.74. The number of hydrogen-bond donors (Lipinski definition) is 1. The Hall–Kier alpha value is -1.65. The number of nitrogens with two attached hydrogens (primary N) is 1. The summed E-state index contributed by atoms with van der Waals surface area (Å²) in [6, 6.07) is 7.35. The standard InChI is InChI=1S/C14H16ClN3O/c1-10(16)7-11-8-12(15)3-4-13(11)19-9-14-17-5-2-6-18-14/h2-6,8,10H,7,9,16H2,1H3. The summed E-state index contributed by atoms with van der Waals surface area (Å²) in [6.07, 6.45) is 4.10. The molecule has 1 heterocycles. The van der Waals surface area contributed by atoms with Gasteiger partial charge in [0, 0.05) is 23.5 Å². The van der Waals surface area contributed by atoms with Gasteiger partial charge >= 0.3 is 0 Å². The largest absolute Gasteiger partial charge is 0.485 e. The number of benzene rings is 1. The van der Waals surface area contributed by atoms with Crippen molar-refractivity contribution in [2.75, 3.05) is 0 Å². The van der Waals surface area contributed by atoms with Crippen LogP contribution in [0.15, 0.2) is 36.7 Å². The molecule has 100 valence electrons. The van der Waals surface area contributed by atoms with E-state index in [2.05, 4.69) is 9.97 Å². The van der Waals surface area contributed by atoms with E-state index in [-0.39, 0.29) is 6.04 Å². The lowest BCUT2D eigenvalue weighted by atomic mass is 10.1. The third-order valence-electron chi connectivity index (χ3n) is 2.54. The monoisotopic (exact) mass is 277 g/mol. The maximum atomic E-state index is 6.00. The first kappa shape index (κ1) is 13.8. The van der Waals surface area contributed by atoms with Gasteiger partial charge in [-0.25, -0.2) is 9.97 Å². The molecule has 0 aliphatic heterocycles. The fourth-order valence-corrected chi connectivity index (χ4v) is 1.94. The molecular weight excluding hydrogens is 262 g/mol. The van der Waals surface area contributed by atoms with Crippen molar-refractivity contribution >= 4 is 11.6 Å². The third kappa shape index (κ3) is 4.19. The van der Waals surface area contributed by atoms with Crippen molar-refractivity contribution in [3.63, 3.8) is 0 Å². The molecule has 0 saturated carbocycles. The molecule has 5 heteroatoms. The van der Waals surface area contributed by atoms with Crippen molar-refractivity contribution in [1.82, 2.24) is 9.97 Å². The highest BCUT2D eigenvalue weighted by atomic mass is 35.5. The van der Waals surface area contributed by atoms with Crippen LogP contribution < -0.4 is 10.5 Å². The van der Waals surface area contributed by atoms with Gasteiger partial charge in [0.1, 0.15) is 12.4 Å². The molecule has 0 aliphatic rings. The minimum absolute atomic E-state index is 0.0498. The molecule has 0 radical (unpaired) electrons. The van der Waals surface area contributed by atoms with Crippen molar-refractivity contribution in [2.45, 2.75) is 26.0 Å². The average molecular weight is 278 g/mol. The van der Waals surface area contributed by atoms with Crippen molar-refractivity contribution in [2.24, 2.45) is 5.73 Å². The van der Waals surface area contributed by atoms with Gasteiger partial charge < -0.3 is 10.5 Å². The van der Waals surface area contributed by atoms with Crippen LogP contribution in [0.5, 0.6) is 5.75 Å². The fraction of sp³-hybridized carbons (Fsp3) is 0.286. The maximum Gasteiger partial charge on any atom is 0.166 e. The van der Waals surface area contributed by atoms with Crippen molar-refractivity contribution in [1.29, 1.82) is 0 Å². The summed E-state index contributed by atoms with van der Waals surface area (Å²) in [5.74, 6) is 1.42. The van der Waals surface area contributed by atoms with E-state index in [1.54, 1.807) is 24.5 Å². The van der Waals surface area contributed by atoms with Gasteiger partial charge in [0.05, 0.1) is 0 Å². The highest BCUT2D eigenvalue weighted by Crippen LogP contribution is 2.24. The molecule has 1 aromatic heterocycles. The lowest BCUT2D eigenvalue weighted by molar-refractivity contribution is 0.292. The highest BCUT2D eigenvalue weighted by molar-refractivity contribution is 6.30. The lowest BCUT2D eigenvalue weighted by Crippen LogP contribution is -2.18. The molecule has 1 unspecified atom stereocenters. The van der Waals surface area contributed by atoms with E-state index in [1.165, 1.54) is 0 Å². The number of hydrogen-bond acceptors (Lipinski definition) is 4. The molecule has 0 saturated heterocycles. The van der Waals surface area contributed by atoms with Gasteiger partial charge in [0.25, 0.3) is 0 Å². The van der Waals surface area contributed by atoms with E-state index in [0.717, 1.165) is 11.3 Å². The van der Waals surface area contributed by atoms with Crippen molar-refractivity contribution in [3.05, 3.63) is 53.1 Å². The lowest BCUT2D eigenvalue weighted by Gasteiger charge is -2.13. The van der Waals surface area contributed by atoms with E-state index in [1.807, 2.05) is 19.1 Å². The van der Waals surface area contributed by atoms with E-state index in [4.69, 9.17) is 22.1 Å². The summed E-state index contributed by atoms with van der Waals surface area (Å²) in [5, 5.41) is 0.680. The molecule has 0 spiro atoms. The van der Waals surface area contributed by atoms with Crippen LogP contribution in [0, 0.1) is 0 Å². The molecule has 4 nitrogen and oxygen atoms in total. The summed E-state index contributed by atoms with van der Waals surface area (Å²) in [7, 11) is 0. The zero-order chi connectivity index (χ0) is 13.7. The van der Waals surface area contributed by atoms with E-state index < -0.39 is 0 Å². The molecule has 2 rings (SSSR count). The third-order valence-corrected chi connectivity index (χ3v) is 2.78. The Morgan fingerprint density at radius 1 is 1.32 bits per heavy atom. The normalized spacial score (nSPS) is 12.2. The maximum absolute atomic E-state index is 6.00. The van der Waals surface area contributed by atoms with Crippen LogP contribution in [0.3, 0.4) is 0 Å². The molecule has 0 bridgehead atoms. The topological polar surface area (TPSA) is 61.0 Å². The summed E-state index contributed by atoms with van der Waals surface area (Å²) >= 11 is 6.00. The van der Waals surface area contributed by atoms with Gasteiger partial charge in [0.2, 0.25) is 0 Å². The summed E-state index contributed by atoms with van der Waals surface area (Å²) in [6.45, 7) is 2.28. The Balaban J connectivity index is 2.11. The van der Waals surface area contributed by atoms with Gasteiger partial charge in [-0.2, -0.15) is 0 Å². The second-order valence-electron chi connectivity index (χ2n) is 4.39. The highest BCUT2D eigenvalue weighted by Gasteiger charge is 2.08. The molecule has 1 atom stereocenters. The van der Waals surface area contributed by atoms with Gasteiger partial charge in [0.15, 0.2) is 5.82 Å². The number of ether oxygens (including phenoxy) is 1. The predicted molar refractivity (Wildman–Crippen MR) is 75.2 cm³/mol. The first-order valence-electron chi connectivity index (χ1n) is 6.08. The molecular formula is C14H16ClN3O. The number of rotatable bonds is 5. The van der Waals surface area contributed by atoms with Crippen molar-refractivity contribution < 1.29 is 4.74 Å². The van der Waals surface area contributed by atoms with Gasteiger partial charge in [-0.05, 0) is 43.2 Å². The summed E-state index contributed by atoms with van der Waals surface area (Å²) in [5.41, 5.74) is 6.83. The molecule has 2 aromatic rings. The van der Waals surface area contributed by atoms with E-state index in [9.17, 15) is 0 Å². The van der Waals surface area contributed by atoms with Crippen LogP contribution in [0.1, 0.15) is 18.3 Å². The number of nitrogens with zero attached hydrogens (tertiary/aromatic N) is 2.